The van der Waals surface area contributed by atoms with E-state index >= 15 is 0 Å². The normalized spacial score (nSPS) is 14.5. The van der Waals surface area contributed by atoms with Gasteiger partial charge in [-0.2, -0.15) is 10.5 Å². The number of nitriles is 2. The van der Waals surface area contributed by atoms with Crippen molar-refractivity contribution in [2.75, 3.05) is 30.5 Å². The Morgan fingerprint density at radius 2 is 2.03 bits per heavy atom. The Morgan fingerprint density at radius 1 is 1.26 bits per heavy atom. The van der Waals surface area contributed by atoms with Crippen LogP contribution in [-0.2, 0) is 0 Å². The van der Waals surface area contributed by atoms with Crippen LogP contribution >= 0.6 is 0 Å². The molecule has 0 bridgehead atoms. The fourth-order valence-corrected chi connectivity index (χ4v) is 3.20. The highest BCUT2D eigenvalue weighted by atomic mass is 16.5. The lowest BCUT2D eigenvalue weighted by molar-refractivity contribution is 0.272. The molecular formula is C21H24N8O2. The first-order valence-corrected chi connectivity index (χ1v) is 9.69. The van der Waals surface area contributed by atoms with Gasteiger partial charge in [-0.3, -0.25) is 5.32 Å². The molecule has 0 fully saturated rings. The lowest BCUT2D eigenvalue weighted by atomic mass is 9.95. The van der Waals surface area contributed by atoms with E-state index in [4.69, 9.17) is 26.2 Å². The van der Waals surface area contributed by atoms with E-state index in [9.17, 15) is 5.26 Å². The fraction of sp³-hybridized carbons (Fsp3) is 0.333. The number of aliphatic imine (C=N–C) groups is 1. The quantitative estimate of drug-likeness (QED) is 0.405. The lowest BCUT2D eigenvalue weighted by Gasteiger charge is -2.26. The summed E-state index contributed by atoms with van der Waals surface area (Å²) in [6, 6.07) is 6.76. The highest BCUT2D eigenvalue weighted by Crippen LogP contribution is 2.42. The first kappa shape index (κ1) is 21.5. The molecule has 10 nitrogen and oxygen atoms in total. The van der Waals surface area contributed by atoms with Gasteiger partial charge in [0.05, 0.1) is 19.4 Å². The van der Waals surface area contributed by atoms with Crippen molar-refractivity contribution in [2.45, 2.75) is 26.3 Å². The topological polar surface area (TPSA) is 167 Å². The molecule has 1 atom stereocenters. The van der Waals surface area contributed by atoms with Crippen molar-refractivity contribution in [3.8, 4) is 23.8 Å². The minimum atomic E-state index is -0.648. The second-order valence-electron chi connectivity index (χ2n) is 7.34. The summed E-state index contributed by atoms with van der Waals surface area (Å²) in [6.07, 6.45) is 2.72. The highest BCUT2D eigenvalue weighted by Gasteiger charge is 2.30. The molecule has 10 heteroatoms. The van der Waals surface area contributed by atoms with Crippen molar-refractivity contribution in [2.24, 2.45) is 10.9 Å². The van der Waals surface area contributed by atoms with E-state index in [1.807, 2.05) is 24.4 Å². The smallest absolute Gasteiger partial charge is 0.211 e. The minimum Gasteiger partial charge on any atom is -0.493 e. The van der Waals surface area contributed by atoms with Gasteiger partial charge in [-0.05, 0) is 30.0 Å². The fourth-order valence-electron chi connectivity index (χ4n) is 3.20. The maximum Gasteiger partial charge on any atom is 0.211 e. The zero-order chi connectivity index (χ0) is 22.5. The summed E-state index contributed by atoms with van der Waals surface area (Å²) in [5.41, 5.74) is 13.6. The van der Waals surface area contributed by atoms with Gasteiger partial charge in [0.2, 0.25) is 5.96 Å². The van der Waals surface area contributed by atoms with E-state index in [0.717, 1.165) is 12.0 Å². The van der Waals surface area contributed by atoms with Crippen LogP contribution in [0.4, 0.5) is 17.3 Å². The number of aromatic nitrogens is 1. The maximum atomic E-state index is 9.45. The minimum absolute atomic E-state index is 0.00403. The predicted octanol–water partition coefficient (Wildman–Crippen LogP) is 2.49. The van der Waals surface area contributed by atoms with Crippen LogP contribution in [0.2, 0.25) is 0 Å². The highest BCUT2D eigenvalue weighted by molar-refractivity contribution is 5.98. The summed E-state index contributed by atoms with van der Waals surface area (Å²) < 4.78 is 11.4. The molecule has 0 aliphatic carbocycles. The number of hydrogen-bond acceptors (Lipinski definition) is 10. The van der Waals surface area contributed by atoms with Crippen molar-refractivity contribution in [1.29, 1.82) is 10.5 Å². The van der Waals surface area contributed by atoms with Crippen LogP contribution in [-0.4, -0.2) is 24.7 Å². The third-order valence-corrected chi connectivity index (χ3v) is 4.81. The molecule has 0 saturated carbocycles. The number of rotatable bonds is 6. The van der Waals surface area contributed by atoms with Gasteiger partial charge >= 0.3 is 0 Å². The van der Waals surface area contributed by atoms with E-state index in [1.165, 1.54) is 0 Å². The van der Waals surface area contributed by atoms with E-state index in [1.54, 1.807) is 13.2 Å². The number of nitrogens with two attached hydrogens (primary N) is 2. The summed E-state index contributed by atoms with van der Waals surface area (Å²) in [4.78, 5) is 8.82. The molecule has 1 aliphatic heterocycles. The molecule has 6 N–H and O–H groups in total. The van der Waals surface area contributed by atoms with Crippen LogP contribution in [0.15, 0.2) is 23.2 Å². The molecular weight excluding hydrogens is 396 g/mol. The summed E-state index contributed by atoms with van der Waals surface area (Å²) in [5.74, 6) is 2.15. The number of benzene rings is 1. The van der Waals surface area contributed by atoms with Crippen LogP contribution < -0.4 is 31.6 Å². The Hall–Kier alpha value is -4.18. The number of guanidine groups is 1. The van der Waals surface area contributed by atoms with Crippen molar-refractivity contribution < 1.29 is 9.47 Å². The Labute approximate surface area is 180 Å². The number of hydrogen-bond donors (Lipinski definition) is 4. The summed E-state index contributed by atoms with van der Waals surface area (Å²) in [6.45, 7) is 4.77. The zero-order valence-electron chi connectivity index (χ0n) is 17.6. The molecule has 160 valence electrons. The SMILES string of the molecule is COc1ccc(C2N=C(NC#N)Nc3nc(N)c(C#N)c(N)c32)cc1OCCC(C)C. The average molecular weight is 420 g/mol. The number of anilines is 3. The van der Waals surface area contributed by atoms with Crippen LogP contribution in [0.25, 0.3) is 0 Å². The number of fused-ring (bicyclic) bond motifs is 1. The van der Waals surface area contributed by atoms with Crippen LogP contribution in [0.5, 0.6) is 11.5 Å². The zero-order valence-corrected chi connectivity index (χ0v) is 17.6. The molecule has 0 radical (unpaired) electrons. The molecule has 1 unspecified atom stereocenters. The Balaban J connectivity index is 2.11. The molecule has 0 spiro atoms. The molecule has 31 heavy (non-hydrogen) atoms. The third-order valence-electron chi connectivity index (χ3n) is 4.81. The van der Waals surface area contributed by atoms with Gasteiger partial charge in [0.15, 0.2) is 17.7 Å². The number of nitrogens with zero attached hydrogens (tertiary/aromatic N) is 4. The molecule has 1 aromatic heterocycles. The van der Waals surface area contributed by atoms with E-state index in [2.05, 4.69) is 34.5 Å². The standard InChI is InChI=1S/C21H24N8O2/c1-11(2)6-7-31-15-8-12(4-5-14(15)30-3)18-16-17(24)13(9-22)19(25)28-20(16)29-21(27-18)26-10-23/h4-5,8,11,18H,6-7H2,1-3H3,(H6,24,25,26,27,28,29). The number of nitrogens with one attached hydrogen (secondary N) is 2. The van der Waals surface area contributed by atoms with Gasteiger partial charge < -0.3 is 26.3 Å². The van der Waals surface area contributed by atoms with Crippen molar-refractivity contribution in [1.82, 2.24) is 10.3 Å². The predicted molar refractivity (Wildman–Crippen MR) is 117 cm³/mol. The Morgan fingerprint density at radius 3 is 2.68 bits per heavy atom. The maximum absolute atomic E-state index is 9.45. The lowest BCUT2D eigenvalue weighted by Crippen LogP contribution is -2.32. The summed E-state index contributed by atoms with van der Waals surface area (Å²) >= 11 is 0. The molecule has 2 aromatic rings. The number of pyridine rings is 1. The number of methoxy groups -OCH3 is 1. The second-order valence-corrected chi connectivity index (χ2v) is 7.34. The molecule has 3 rings (SSSR count). The second kappa shape index (κ2) is 9.09. The summed E-state index contributed by atoms with van der Waals surface area (Å²) in [7, 11) is 1.57. The van der Waals surface area contributed by atoms with Gasteiger partial charge in [0, 0.05) is 5.56 Å². The van der Waals surface area contributed by atoms with Gasteiger partial charge in [-0.1, -0.05) is 19.9 Å². The molecule has 1 aliphatic rings. The Bertz CT molecular complexity index is 1100. The van der Waals surface area contributed by atoms with Gasteiger partial charge in [0.1, 0.15) is 29.3 Å². The Kier molecular flexibility index (Phi) is 6.32. The van der Waals surface area contributed by atoms with Crippen molar-refractivity contribution >= 4 is 23.3 Å². The molecule has 1 aromatic carbocycles. The first-order valence-electron chi connectivity index (χ1n) is 9.69. The molecule has 0 amide bonds. The number of nitrogen functional groups attached to an aromatic ring is 2. The van der Waals surface area contributed by atoms with Crippen LogP contribution in [0, 0.1) is 28.7 Å². The largest absolute Gasteiger partial charge is 0.493 e. The van der Waals surface area contributed by atoms with Crippen LogP contribution in [0.3, 0.4) is 0 Å². The molecule has 2 heterocycles. The average Bonchev–Trinajstić information content (AvgIpc) is 2.73. The molecule has 0 saturated heterocycles. The third kappa shape index (κ3) is 4.38. The van der Waals surface area contributed by atoms with Crippen LogP contribution in [0.1, 0.15) is 43.0 Å². The monoisotopic (exact) mass is 420 g/mol. The van der Waals surface area contributed by atoms with E-state index < -0.39 is 6.04 Å². The van der Waals surface area contributed by atoms with Crippen molar-refractivity contribution in [3.05, 3.63) is 34.9 Å². The van der Waals surface area contributed by atoms with Gasteiger partial charge in [0.25, 0.3) is 0 Å². The first-order chi connectivity index (χ1) is 14.9. The number of ether oxygens (including phenoxy) is 2. The van der Waals surface area contributed by atoms with Gasteiger partial charge in [-0.15, -0.1) is 0 Å². The summed E-state index contributed by atoms with van der Waals surface area (Å²) in [5, 5.41) is 23.9. The van der Waals surface area contributed by atoms with Gasteiger partial charge in [-0.25, -0.2) is 9.98 Å². The van der Waals surface area contributed by atoms with E-state index in [0.29, 0.717) is 35.4 Å². The van der Waals surface area contributed by atoms with E-state index in [-0.39, 0.29) is 23.0 Å². The van der Waals surface area contributed by atoms with Crippen molar-refractivity contribution in [3.63, 3.8) is 0 Å².